The van der Waals surface area contributed by atoms with Gasteiger partial charge in [-0.3, -0.25) is 4.79 Å². The van der Waals surface area contributed by atoms with Gasteiger partial charge in [0.25, 0.3) is 0 Å². The largest absolute Gasteiger partial charge is 0.378 e. The highest BCUT2D eigenvalue weighted by molar-refractivity contribution is 6.04. The van der Waals surface area contributed by atoms with Gasteiger partial charge in [-0.05, 0) is 35.7 Å². The van der Waals surface area contributed by atoms with E-state index in [1.54, 1.807) is 4.90 Å². The fourth-order valence-corrected chi connectivity index (χ4v) is 2.94. The Hall–Kier alpha value is -2.29. The Morgan fingerprint density at radius 1 is 1.05 bits per heavy atom. The Morgan fingerprint density at radius 2 is 1.71 bits per heavy atom. The maximum atomic E-state index is 12.5. The summed E-state index contributed by atoms with van der Waals surface area (Å²) in [5.74, 6) is 0.129. The molecule has 1 aliphatic rings. The Morgan fingerprint density at radius 3 is 2.38 bits per heavy atom. The van der Waals surface area contributed by atoms with Crippen LogP contribution in [0.5, 0.6) is 0 Å². The number of nitrogens with zero attached hydrogens (tertiary/aromatic N) is 2. The lowest BCUT2D eigenvalue weighted by atomic mass is 9.93. The van der Waals surface area contributed by atoms with Crippen LogP contribution in [0.15, 0.2) is 48.5 Å². The molecular weight excluding hydrogens is 260 g/mol. The highest BCUT2D eigenvalue weighted by Crippen LogP contribution is 2.38. The van der Waals surface area contributed by atoms with Gasteiger partial charge in [-0.1, -0.05) is 30.3 Å². The molecule has 1 atom stereocenters. The standard InChI is InChI=1S/C18H20N2O/c1-19(2)14-10-8-13(9-11-14)12-16-15-6-4-5-7-17(15)20(3)18(16)21/h4-11,16H,12H2,1-3H3/t16-/m0/s1. The number of para-hydroxylation sites is 1. The Labute approximate surface area is 125 Å². The Kier molecular flexibility index (Phi) is 3.42. The van der Waals surface area contributed by atoms with E-state index in [4.69, 9.17) is 0 Å². The summed E-state index contributed by atoms with van der Waals surface area (Å²) in [7, 11) is 5.91. The Balaban J connectivity index is 1.86. The Bertz CT molecular complexity index is 661. The van der Waals surface area contributed by atoms with Gasteiger partial charge in [-0.25, -0.2) is 0 Å². The van der Waals surface area contributed by atoms with Gasteiger partial charge < -0.3 is 9.80 Å². The fourth-order valence-electron chi connectivity index (χ4n) is 2.94. The molecule has 2 aromatic carbocycles. The van der Waals surface area contributed by atoms with Crippen molar-refractivity contribution in [3.63, 3.8) is 0 Å². The summed E-state index contributed by atoms with van der Waals surface area (Å²) in [5.41, 5.74) is 4.55. The minimum Gasteiger partial charge on any atom is -0.378 e. The molecular formula is C18H20N2O. The minimum atomic E-state index is -0.0589. The van der Waals surface area contributed by atoms with Crippen LogP contribution in [0.2, 0.25) is 0 Å². The van der Waals surface area contributed by atoms with Gasteiger partial charge >= 0.3 is 0 Å². The van der Waals surface area contributed by atoms with Crippen molar-refractivity contribution in [3.8, 4) is 0 Å². The number of carbonyl (C=O) groups is 1. The van der Waals surface area contributed by atoms with Crippen molar-refractivity contribution in [2.75, 3.05) is 30.9 Å². The zero-order chi connectivity index (χ0) is 15.0. The van der Waals surface area contributed by atoms with E-state index in [-0.39, 0.29) is 11.8 Å². The molecule has 0 radical (unpaired) electrons. The van der Waals surface area contributed by atoms with Crippen molar-refractivity contribution in [2.24, 2.45) is 0 Å². The summed E-state index contributed by atoms with van der Waals surface area (Å²) in [5, 5.41) is 0. The average molecular weight is 280 g/mol. The molecule has 0 unspecified atom stereocenters. The first-order valence-electron chi connectivity index (χ1n) is 7.20. The van der Waals surface area contributed by atoms with E-state index < -0.39 is 0 Å². The van der Waals surface area contributed by atoms with Crippen molar-refractivity contribution in [1.29, 1.82) is 0 Å². The molecule has 1 aliphatic heterocycles. The lowest BCUT2D eigenvalue weighted by molar-refractivity contribution is -0.119. The van der Waals surface area contributed by atoms with E-state index in [1.807, 2.05) is 39.3 Å². The number of rotatable bonds is 3. The number of amides is 1. The first-order valence-corrected chi connectivity index (χ1v) is 7.20. The number of carbonyl (C=O) groups excluding carboxylic acids is 1. The summed E-state index contributed by atoms with van der Waals surface area (Å²) < 4.78 is 0. The summed E-state index contributed by atoms with van der Waals surface area (Å²) in [4.78, 5) is 16.3. The molecule has 2 aromatic rings. The van der Waals surface area contributed by atoms with Crippen molar-refractivity contribution in [1.82, 2.24) is 0 Å². The summed E-state index contributed by atoms with van der Waals surface area (Å²) >= 11 is 0. The van der Waals surface area contributed by atoms with E-state index in [0.717, 1.165) is 17.7 Å². The highest BCUT2D eigenvalue weighted by atomic mass is 16.2. The smallest absolute Gasteiger partial charge is 0.234 e. The number of likely N-dealkylation sites (N-methyl/N-ethyl adjacent to an activating group) is 1. The van der Waals surface area contributed by atoms with Crippen molar-refractivity contribution in [3.05, 3.63) is 59.7 Å². The fraction of sp³-hybridized carbons (Fsp3) is 0.278. The molecule has 3 nitrogen and oxygen atoms in total. The van der Waals surface area contributed by atoms with E-state index in [2.05, 4.69) is 35.2 Å². The molecule has 108 valence electrons. The predicted molar refractivity (Wildman–Crippen MR) is 87.1 cm³/mol. The van der Waals surface area contributed by atoms with Crippen LogP contribution in [-0.4, -0.2) is 27.1 Å². The summed E-state index contributed by atoms with van der Waals surface area (Å²) in [6.07, 6.45) is 0.758. The second-order valence-corrected chi connectivity index (χ2v) is 5.77. The van der Waals surface area contributed by atoms with Crippen molar-refractivity contribution >= 4 is 17.3 Å². The monoisotopic (exact) mass is 280 g/mol. The van der Waals surface area contributed by atoms with Crippen LogP contribution in [0.1, 0.15) is 17.0 Å². The van der Waals surface area contributed by atoms with Gasteiger partial charge in [0.2, 0.25) is 5.91 Å². The number of hydrogen-bond donors (Lipinski definition) is 0. The predicted octanol–water partition coefficient (Wildman–Crippen LogP) is 3.06. The van der Waals surface area contributed by atoms with Crippen molar-refractivity contribution < 1.29 is 4.79 Å². The second kappa shape index (κ2) is 5.24. The highest BCUT2D eigenvalue weighted by Gasteiger charge is 2.34. The van der Waals surface area contributed by atoms with Crippen molar-refractivity contribution in [2.45, 2.75) is 12.3 Å². The normalized spacial score (nSPS) is 17.0. The van der Waals surface area contributed by atoms with Crippen LogP contribution in [0.3, 0.4) is 0 Å². The molecule has 3 heteroatoms. The molecule has 21 heavy (non-hydrogen) atoms. The van der Waals surface area contributed by atoms with E-state index in [0.29, 0.717) is 0 Å². The van der Waals surface area contributed by atoms with E-state index in [9.17, 15) is 4.79 Å². The third-order valence-corrected chi connectivity index (χ3v) is 4.19. The summed E-state index contributed by atoms with van der Waals surface area (Å²) in [6, 6.07) is 16.5. The molecule has 0 saturated heterocycles. The number of anilines is 2. The van der Waals surface area contributed by atoms with Crippen LogP contribution in [0, 0.1) is 0 Å². The lowest BCUT2D eigenvalue weighted by Crippen LogP contribution is -2.24. The van der Waals surface area contributed by atoms with Gasteiger partial charge in [-0.15, -0.1) is 0 Å². The zero-order valence-electron chi connectivity index (χ0n) is 12.7. The lowest BCUT2D eigenvalue weighted by Gasteiger charge is -2.14. The van der Waals surface area contributed by atoms with E-state index in [1.165, 1.54) is 11.3 Å². The molecule has 0 aromatic heterocycles. The van der Waals surface area contributed by atoms with Gasteiger partial charge in [-0.2, -0.15) is 0 Å². The zero-order valence-corrected chi connectivity index (χ0v) is 12.7. The quantitative estimate of drug-likeness (QED) is 0.862. The molecule has 0 spiro atoms. The molecule has 0 saturated carbocycles. The first kappa shape index (κ1) is 13.7. The van der Waals surface area contributed by atoms with E-state index >= 15 is 0 Å². The molecule has 3 rings (SSSR count). The third-order valence-electron chi connectivity index (χ3n) is 4.19. The van der Waals surface area contributed by atoms with Crippen LogP contribution in [-0.2, 0) is 11.2 Å². The van der Waals surface area contributed by atoms with Crippen LogP contribution < -0.4 is 9.80 Å². The molecule has 1 amide bonds. The van der Waals surface area contributed by atoms with Gasteiger partial charge in [0.1, 0.15) is 0 Å². The molecule has 0 aliphatic carbocycles. The minimum absolute atomic E-state index is 0.0589. The molecule has 1 heterocycles. The van der Waals surface area contributed by atoms with Gasteiger partial charge in [0.15, 0.2) is 0 Å². The average Bonchev–Trinajstić information content (AvgIpc) is 2.73. The molecule has 0 bridgehead atoms. The van der Waals surface area contributed by atoms with Crippen LogP contribution in [0.4, 0.5) is 11.4 Å². The first-order chi connectivity index (χ1) is 10.1. The third kappa shape index (κ3) is 2.40. The van der Waals surface area contributed by atoms with Crippen LogP contribution >= 0.6 is 0 Å². The number of benzene rings is 2. The summed E-state index contributed by atoms with van der Waals surface area (Å²) in [6.45, 7) is 0. The molecule has 0 fully saturated rings. The topological polar surface area (TPSA) is 23.6 Å². The number of hydrogen-bond acceptors (Lipinski definition) is 2. The molecule has 0 N–H and O–H groups in total. The second-order valence-electron chi connectivity index (χ2n) is 5.77. The SMILES string of the molecule is CN(C)c1ccc(C[C@@H]2C(=O)N(C)c3ccccc32)cc1. The van der Waals surface area contributed by atoms with Gasteiger partial charge in [0, 0.05) is 32.5 Å². The maximum absolute atomic E-state index is 12.5. The van der Waals surface area contributed by atoms with Crippen LogP contribution in [0.25, 0.3) is 0 Å². The van der Waals surface area contributed by atoms with Gasteiger partial charge in [0.05, 0.1) is 5.92 Å². The maximum Gasteiger partial charge on any atom is 0.234 e. The number of fused-ring (bicyclic) bond motifs is 1.